The Balaban J connectivity index is 1.31. The van der Waals surface area contributed by atoms with Crippen molar-refractivity contribution in [3.05, 3.63) is 42.2 Å². The summed E-state index contributed by atoms with van der Waals surface area (Å²) in [6.45, 7) is 7.41. The highest BCUT2D eigenvalue weighted by molar-refractivity contribution is 7.18. The molecule has 0 spiro atoms. The van der Waals surface area contributed by atoms with Gasteiger partial charge in [0, 0.05) is 37.9 Å². The number of nitrogens with zero attached hydrogens (tertiary/aromatic N) is 8. The molecule has 1 amide bonds. The Hall–Kier alpha value is -4.04. The van der Waals surface area contributed by atoms with Crippen LogP contribution in [-0.4, -0.2) is 66.8 Å². The van der Waals surface area contributed by atoms with Crippen molar-refractivity contribution in [2.75, 3.05) is 23.3 Å². The molecule has 2 bridgehead atoms. The first-order valence-electron chi connectivity index (χ1n) is 11.9. The summed E-state index contributed by atoms with van der Waals surface area (Å²) in [5.41, 5.74) is 4.78. The summed E-state index contributed by atoms with van der Waals surface area (Å²) in [4.78, 5) is 20.8. The predicted octanol–water partition coefficient (Wildman–Crippen LogP) is 3.42. The van der Waals surface area contributed by atoms with Crippen LogP contribution in [0.3, 0.4) is 0 Å². The van der Waals surface area contributed by atoms with Crippen LogP contribution in [0.15, 0.2) is 36.7 Å². The lowest BCUT2D eigenvalue weighted by molar-refractivity contribution is -0.143. The van der Waals surface area contributed by atoms with Gasteiger partial charge in [-0.1, -0.05) is 11.3 Å². The fourth-order valence-electron chi connectivity index (χ4n) is 5.18. The van der Waals surface area contributed by atoms with Gasteiger partial charge in [0.2, 0.25) is 11.0 Å². The van der Waals surface area contributed by atoms with E-state index in [0.29, 0.717) is 5.56 Å². The molecule has 7 rings (SSSR count). The van der Waals surface area contributed by atoms with Crippen molar-refractivity contribution in [1.82, 2.24) is 29.7 Å². The molecule has 3 fully saturated rings. The molecular formula is C25H25N9OS. The first-order chi connectivity index (χ1) is 17.4. The second-order valence-electron chi connectivity index (χ2n) is 9.59. The standard InChI is InChI=1S/C25H25N9OS/c1-14(2)29-21-8-22(23-5-4-17-6-16(9-26)10-28-34(17)23)27-11-20(21)24-30-31-25(36-24)32-12-18-7-19(13-32)33(18)15(3)35/h4-6,8,10-11,14,18-19H,7,12-13H2,1-3H3,(H,27,29). The molecule has 3 aliphatic heterocycles. The lowest BCUT2D eigenvalue weighted by atomic mass is 9.87. The molecule has 11 heteroatoms. The maximum absolute atomic E-state index is 11.9. The van der Waals surface area contributed by atoms with Crippen LogP contribution in [0.5, 0.6) is 0 Å². The van der Waals surface area contributed by atoms with E-state index in [1.54, 1.807) is 35.0 Å². The van der Waals surface area contributed by atoms with Crippen molar-refractivity contribution in [1.29, 1.82) is 5.26 Å². The van der Waals surface area contributed by atoms with Crippen molar-refractivity contribution in [3.63, 3.8) is 0 Å². The Kier molecular flexibility index (Phi) is 5.34. The first-order valence-corrected chi connectivity index (χ1v) is 12.8. The van der Waals surface area contributed by atoms with Gasteiger partial charge in [-0.2, -0.15) is 10.4 Å². The maximum atomic E-state index is 11.9. The van der Waals surface area contributed by atoms with E-state index in [1.165, 1.54) is 0 Å². The highest BCUT2D eigenvalue weighted by atomic mass is 32.1. The number of hydrogen-bond acceptors (Lipinski definition) is 9. The Labute approximate surface area is 212 Å². The zero-order valence-corrected chi connectivity index (χ0v) is 21.0. The third-order valence-corrected chi connectivity index (χ3v) is 7.73. The number of nitriles is 1. The molecule has 2 atom stereocenters. The molecule has 3 saturated heterocycles. The number of anilines is 2. The van der Waals surface area contributed by atoms with Crippen LogP contribution in [0.4, 0.5) is 10.8 Å². The number of rotatable bonds is 5. The number of aromatic nitrogens is 5. The smallest absolute Gasteiger partial charge is 0.220 e. The molecule has 4 aromatic rings. The summed E-state index contributed by atoms with van der Waals surface area (Å²) in [5.74, 6) is 0.154. The average molecular weight is 500 g/mol. The number of nitrogens with one attached hydrogen (secondary N) is 1. The quantitative estimate of drug-likeness (QED) is 0.444. The molecule has 0 saturated carbocycles. The van der Waals surface area contributed by atoms with Crippen LogP contribution in [0, 0.1) is 11.3 Å². The lowest BCUT2D eigenvalue weighted by Gasteiger charge is -2.55. The van der Waals surface area contributed by atoms with E-state index in [-0.39, 0.29) is 24.0 Å². The lowest BCUT2D eigenvalue weighted by Crippen LogP contribution is -2.70. The van der Waals surface area contributed by atoms with Gasteiger partial charge in [0.05, 0.1) is 46.3 Å². The number of carbonyl (C=O) groups excluding carboxylic acids is 1. The molecule has 10 nitrogen and oxygen atoms in total. The maximum Gasteiger partial charge on any atom is 0.220 e. The molecule has 3 aliphatic rings. The molecule has 2 unspecified atom stereocenters. The fourth-order valence-corrected chi connectivity index (χ4v) is 6.07. The number of fused-ring (bicyclic) bond motifs is 3. The van der Waals surface area contributed by atoms with Crippen molar-refractivity contribution in [3.8, 4) is 28.0 Å². The first kappa shape index (κ1) is 22.4. The van der Waals surface area contributed by atoms with E-state index in [9.17, 15) is 4.79 Å². The van der Waals surface area contributed by atoms with Crippen molar-refractivity contribution in [2.24, 2.45) is 0 Å². The number of piperidine rings is 1. The van der Waals surface area contributed by atoms with Gasteiger partial charge >= 0.3 is 0 Å². The molecule has 1 N–H and O–H groups in total. The monoisotopic (exact) mass is 499 g/mol. The Morgan fingerprint density at radius 3 is 2.72 bits per heavy atom. The summed E-state index contributed by atoms with van der Waals surface area (Å²) in [7, 11) is 0. The second-order valence-corrected chi connectivity index (χ2v) is 10.5. The topological polar surface area (TPSA) is 115 Å². The molecule has 0 aromatic carbocycles. The van der Waals surface area contributed by atoms with Gasteiger partial charge in [0.25, 0.3) is 0 Å². The highest BCUT2D eigenvalue weighted by Crippen LogP contribution is 2.39. The Morgan fingerprint density at radius 2 is 2.00 bits per heavy atom. The number of pyridine rings is 1. The number of hydrogen-bond donors (Lipinski definition) is 1. The van der Waals surface area contributed by atoms with Crippen molar-refractivity contribution < 1.29 is 4.79 Å². The SMILES string of the molecule is CC(=O)N1C2CC1CN(c1nnc(-c3cnc(-c4ccc5cc(C#N)cnn45)cc3NC(C)C)s1)C2. The second kappa shape index (κ2) is 8.57. The summed E-state index contributed by atoms with van der Waals surface area (Å²) in [6, 6.07) is 10.6. The van der Waals surface area contributed by atoms with Gasteiger partial charge in [-0.25, -0.2) is 4.52 Å². The number of amides is 1. The summed E-state index contributed by atoms with van der Waals surface area (Å²) < 4.78 is 1.79. The number of piperazine rings is 1. The molecule has 7 heterocycles. The van der Waals surface area contributed by atoms with E-state index in [2.05, 4.69) is 45.4 Å². The summed E-state index contributed by atoms with van der Waals surface area (Å²) >= 11 is 1.55. The summed E-state index contributed by atoms with van der Waals surface area (Å²) in [5, 5.41) is 27.8. The van der Waals surface area contributed by atoms with Crippen molar-refractivity contribution >= 4 is 33.6 Å². The largest absolute Gasteiger partial charge is 0.382 e. The third kappa shape index (κ3) is 3.74. The third-order valence-electron chi connectivity index (χ3n) is 6.71. The van der Waals surface area contributed by atoms with Gasteiger partial charge in [0.15, 0.2) is 5.01 Å². The zero-order chi connectivity index (χ0) is 25.0. The van der Waals surface area contributed by atoms with E-state index >= 15 is 0 Å². The molecule has 36 heavy (non-hydrogen) atoms. The van der Waals surface area contributed by atoms with Crippen LogP contribution < -0.4 is 10.2 Å². The van der Waals surface area contributed by atoms with E-state index < -0.39 is 0 Å². The normalized spacial score (nSPS) is 18.9. The average Bonchev–Trinajstić information content (AvgIpc) is 3.50. The van der Waals surface area contributed by atoms with Crippen LogP contribution in [-0.2, 0) is 4.79 Å². The van der Waals surface area contributed by atoms with E-state index in [1.807, 2.05) is 29.3 Å². The van der Waals surface area contributed by atoms with Gasteiger partial charge in [-0.15, -0.1) is 10.2 Å². The molecular weight excluding hydrogens is 474 g/mol. The molecule has 182 valence electrons. The summed E-state index contributed by atoms with van der Waals surface area (Å²) in [6.07, 6.45) is 4.45. The number of carbonyl (C=O) groups is 1. The van der Waals surface area contributed by atoms with Gasteiger partial charge in [0.1, 0.15) is 6.07 Å². The Morgan fingerprint density at radius 1 is 1.19 bits per heavy atom. The minimum atomic E-state index is 0.154. The molecule has 0 aliphatic carbocycles. The molecule has 0 radical (unpaired) electrons. The van der Waals surface area contributed by atoms with Crippen LogP contribution in [0.25, 0.3) is 27.5 Å². The minimum Gasteiger partial charge on any atom is -0.382 e. The van der Waals surface area contributed by atoms with Gasteiger partial charge < -0.3 is 15.1 Å². The van der Waals surface area contributed by atoms with Crippen LogP contribution >= 0.6 is 11.3 Å². The van der Waals surface area contributed by atoms with Gasteiger partial charge in [-0.05, 0) is 44.5 Å². The Bertz CT molecular complexity index is 1510. The zero-order valence-electron chi connectivity index (χ0n) is 20.2. The van der Waals surface area contributed by atoms with E-state index in [0.717, 1.165) is 57.8 Å². The predicted molar refractivity (Wildman–Crippen MR) is 138 cm³/mol. The van der Waals surface area contributed by atoms with E-state index in [4.69, 9.17) is 10.2 Å². The fraction of sp³-hybridized carbons (Fsp3) is 0.360. The molecule has 4 aromatic heterocycles. The van der Waals surface area contributed by atoms with Crippen LogP contribution in [0.2, 0.25) is 0 Å². The van der Waals surface area contributed by atoms with Crippen molar-refractivity contribution in [2.45, 2.75) is 45.3 Å². The van der Waals surface area contributed by atoms with Gasteiger partial charge in [-0.3, -0.25) is 9.78 Å². The van der Waals surface area contributed by atoms with Crippen LogP contribution in [0.1, 0.15) is 32.8 Å². The highest BCUT2D eigenvalue weighted by Gasteiger charge is 2.46. The minimum absolute atomic E-state index is 0.154.